The second-order valence-corrected chi connectivity index (χ2v) is 5.12. The molecule has 0 atom stereocenters. The summed E-state index contributed by atoms with van der Waals surface area (Å²) in [5.41, 5.74) is 4.85. The first-order valence-corrected chi connectivity index (χ1v) is 6.42. The smallest absolute Gasteiger partial charge is 0.166 e. The summed E-state index contributed by atoms with van der Waals surface area (Å²) in [5.74, 6) is 0. The van der Waals surface area contributed by atoms with Gasteiger partial charge in [0, 0.05) is 26.2 Å². The molecule has 0 saturated heterocycles. The van der Waals surface area contributed by atoms with Crippen LogP contribution in [0.3, 0.4) is 0 Å². The predicted molar refractivity (Wildman–Crippen MR) is 74.2 cm³/mol. The van der Waals surface area contributed by atoms with Crippen LogP contribution in [0.1, 0.15) is 23.6 Å². The molecule has 0 nitrogen and oxygen atoms in total. The van der Waals surface area contributed by atoms with E-state index in [1.165, 1.54) is 11.1 Å². The maximum absolute atomic E-state index is 12.6. The van der Waals surface area contributed by atoms with Crippen molar-refractivity contribution in [2.45, 2.75) is 19.5 Å². The maximum atomic E-state index is 12.6. The number of halogens is 3. The third kappa shape index (κ3) is 3.21. The molecule has 0 aromatic heterocycles. The molecule has 0 amide bonds. The maximum Gasteiger partial charge on any atom is 0.416 e. The topological polar surface area (TPSA) is 0 Å². The van der Waals surface area contributed by atoms with Gasteiger partial charge in [-0.2, -0.15) is 13.2 Å². The Labute approximate surface area is 140 Å². The molecule has 0 aliphatic heterocycles. The van der Waals surface area contributed by atoms with Gasteiger partial charge in [-0.25, -0.2) is 0 Å². The fourth-order valence-corrected chi connectivity index (χ4v) is 2.63. The second-order valence-electron chi connectivity index (χ2n) is 5.12. The summed E-state index contributed by atoms with van der Waals surface area (Å²) in [6.45, 7) is 2.07. The first-order valence-electron chi connectivity index (χ1n) is 6.42. The van der Waals surface area contributed by atoms with Crippen molar-refractivity contribution in [2.24, 2.45) is 0 Å². The van der Waals surface area contributed by atoms with Crippen LogP contribution in [0.2, 0.25) is 0 Å². The van der Waals surface area contributed by atoms with Crippen molar-refractivity contribution in [1.29, 1.82) is 0 Å². The fraction of sp³-hybridized carbons (Fsp3) is 0.176. The fourth-order valence-electron chi connectivity index (χ4n) is 2.63. The molecule has 1 aliphatic rings. The predicted octanol–water partition coefficient (Wildman–Crippen LogP) is 5.33. The van der Waals surface area contributed by atoms with Gasteiger partial charge in [0.25, 0.3) is 0 Å². The number of hydrogen-bond donors (Lipinski definition) is 0. The van der Waals surface area contributed by atoms with Crippen molar-refractivity contribution in [2.75, 3.05) is 0 Å². The molecular formula is C17H13F3Zr. The third-order valence-electron chi connectivity index (χ3n) is 3.58. The average molecular weight is 366 g/mol. The number of alkyl halides is 3. The Hall–Kier alpha value is -1.15. The van der Waals surface area contributed by atoms with E-state index < -0.39 is 11.7 Å². The molecule has 0 bridgehead atoms. The van der Waals surface area contributed by atoms with Gasteiger partial charge in [0.15, 0.2) is 0 Å². The van der Waals surface area contributed by atoms with Crippen LogP contribution in [0.5, 0.6) is 0 Å². The molecule has 0 heterocycles. The summed E-state index contributed by atoms with van der Waals surface area (Å²) in [6.07, 6.45) is -1.25. The van der Waals surface area contributed by atoms with Crippen LogP contribution < -0.4 is 0 Å². The van der Waals surface area contributed by atoms with Gasteiger partial charge in [0.1, 0.15) is 0 Å². The number of benzene rings is 2. The van der Waals surface area contributed by atoms with Crippen molar-refractivity contribution in [1.82, 2.24) is 0 Å². The molecule has 0 fully saturated rings. The summed E-state index contributed by atoms with van der Waals surface area (Å²) >= 11 is 0. The molecule has 3 rings (SSSR count). The molecule has 106 valence electrons. The van der Waals surface area contributed by atoms with Crippen molar-refractivity contribution >= 4 is 6.08 Å². The molecule has 4 heteroatoms. The van der Waals surface area contributed by atoms with Crippen molar-refractivity contribution in [3.8, 4) is 11.1 Å². The van der Waals surface area contributed by atoms with E-state index in [0.717, 1.165) is 35.2 Å². The SMILES string of the molecule is CC1=Cc2c(cccc2-c2ccc(C(F)(F)F)cc2)C1.[Zr]. The van der Waals surface area contributed by atoms with E-state index in [1.54, 1.807) is 12.1 Å². The molecule has 0 spiro atoms. The molecular weight excluding hydrogens is 352 g/mol. The van der Waals surface area contributed by atoms with Gasteiger partial charge in [-0.05, 0) is 47.7 Å². The summed E-state index contributed by atoms with van der Waals surface area (Å²) < 4.78 is 37.8. The molecule has 0 N–H and O–H groups in total. The monoisotopic (exact) mass is 364 g/mol. The van der Waals surface area contributed by atoms with Gasteiger partial charge < -0.3 is 0 Å². The van der Waals surface area contributed by atoms with Gasteiger partial charge in [-0.1, -0.05) is 42.0 Å². The number of allylic oxidation sites excluding steroid dienone is 1. The zero-order valence-corrected chi connectivity index (χ0v) is 13.9. The van der Waals surface area contributed by atoms with E-state index >= 15 is 0 Å². The quantitative estimate of drug-likeness (QED) is 0.641. The molecule has 21 heavy (non-hydrogen) atoms. The Morgan fingerprint density at radius 1 is 0.952 bits per heavy atom. The number of rotatable bonds is 1. The van der Waals surface area contributed by atoms with E-state index in [4.69, 9.17) is 0 Å². The van der Waals surface area contributed by atoms with Crippen LogP contribution in [-0.4, -0.2) is 0 Å². The van der Waals surface area contributed by atoms with Crippen LogP contribution in [0, 0.1) is 0 Å². The average Bonchev–Trinajstić information content (AvgIpc) is 2.78. The third-order valence-corrected chi connectivity index (χ3v) is 3.58. The largest absolute Gasteiger partial charge is 0.416 e. The first kappa shape index (κ1) is 16.2. The van der Waals surface area contributed by atoms with E-state index in [0.29, 0.717) is 0 Å². The molecule has 0 saturated carbocycles. The van der Waals surface area contributed by atoms with Gasteiger partial charge in [-0.3, -0.25) is 0 Å². The summed E-state index contributed by atoms with van der Waals surface area (Å²) in [5, 5.41) is 0. The first-order chi connectivity index (χ1) is 9.45. The second kappa shape index (κ2) is 5.92. The number of fused-ring (bicyclic) bond motifs is 1. The molecule has 2 aromatic rings. The van der Waals surface area contributed by atoms with Crippen molar-refractivity contribution in [3.63, 3.8) is 0 Å². The molecule has 1 aliphatic carbocycles. The number of hydrogen-bond acceptors (Lipinski definition) is 0. The van der Waals surface area contributed by atoms with Crippen LogP contribution in [0.15, 0.2) is 48.0 Å². The summed E-state index contributed by atoms with van der Waals surface area (Å²) in [7, 11) is 0. The Bertz CT molecular complexity index is 682. The van der Waals surface area contributed by atoms with Crippen molar-refractivity contribution in [3.05, 3.63) is 64.7 Å². The van der Waals surface area contributed by atoms with Gasteiger partial charge in [0.05, 0.1) is 5.56 Å². The summed E-state index contributed by atoms with van der Waals surface area (Å²) in [4.78, 5) is 0. The zero-order valence-electron chi connectivity index (χ0n) is 11.5. The Morgan fingerprint density at radius 2 is 1.62 bits per heavy atom. The van der Waals surface area contributed by atoms with Crippen LogP contribution in [0.25, 0.3) is 17.2 Å². The zero-order chi connectivity index (χ0) is 14.3. The van der Waals surface area contributed by atoms with E-state index in [9.17, 15) is 13.2 Å². The minimum atomic E-state index is -4.28. The van der Waals surface area contributed by atoms with Crippen LogP contribution in [0.4, 0.5) is 13.2 Å². The minimum Gasteiger partial charge on any atom is -0.166 e. The molecule has 2 aromatic carbocycles. The van der Waals surface area contributed by atoms with Crippen LogP contribution in [-0.2, 0) is 38.8 Å². The minimum absolute atomic E-state index is 0. The summed E-state index contributed by atoms with van der Waals surface area (Å²) in [6, 6.07) is 11.3. The van der Waals surface area contributed by atoms with E-state index in [-0.39, 0.29) is 26.2 Å². The van der Waals surface area contributed by atoms with Gasteiger partial charge >= 0.3 is 6.18 Å². The Morgan fingerprint density at radius 3 is 2.24 bits per heavy atom. The van der Waals surface area contributed by atoms with E-state index in [2.05, 4.69) is 19.1 Å². The van der Waals surface area contributed by atoms with Gasteiger partial charge in [-0.15, -0.1) is 0 Å². The Balaban J connectivity index is 0.00000161. The van der Waals surface area contributed by atoms with Crippen LogP contribution >= 0.6 is 0 Å². The molecule has 0 unspecified atom stereocenters. The van der Waals surface area contributed by atoms with E-state index in [1.807, 2.05) is 12.1 Å². The normalized spacial score (nSPS) is 13.4. The molecule has 0 radical (unpaired) electrons. The Kier molecular flexibility index (Phi) is 4.58. The van der Waals surface area contributed by atoms with Gasteiger partial charge in [0.2, 0.25) is 0 Å². The standard InChI is InChI=1S/C17H13F3.Zr/c1-11-9-13-3-2-4-15(16(13)10-11)12-5-7-14(8-6-12)17(18,19)20;/h2-8,10H,9H2,1H3;. The van der Waals surface area contributed by atoms with Crippen molar-refractivity contribution < 1.29 is 39.4 Å².